The van der Waals surface area contributed by atoms with Crippen LogP contribution in [0.4, 0.5) is 0 Å². The second-order valence-electron chi connectivity index (χ2n) is 0.875. The van der Waals surface area contributed by atoms with E-state index in [4.69, 9.17) is 0 Å². The van der Waals surface area contributed by atoms with Crippen LogP contribution in [-0.4, -0.2) is 7.11 Å². The quantitative estimate of drug-likeness (QED) is 0.322. The van der Waals surface area contributed by atoms with E-state index in [1.54, 1.807) is 6.08 Å². The van der Waals surface area contributed by atoms with E-state index in [0.717, 1.165) is 0 Å². The first-order chi connectivity index (χ1) is 3.41. The normalized spacial score (nSPS) is 10.0. The van der Waals surface area contributed by atoms with E-state index in [9.17, 15) is 0 Å². The van der Waals surface area contributed by atoms with Crippen LogP contribution in [0.5, 0.6) is 0 Å². The number of hydrogen-bond donors (Lipinski definition) is 1. The topological polar surface area (TPSA) is 30.5 Å². The monoisotopic (exact) mass is 103 g/mol. The van der Waals surface area contributed by atoms with Crippen molar-refractivity contribution >= 4 is 0 Å². The minimum Gasteiger partial charge on any atom is -0.391 e. The lowest BCUT2D eigenvalue weighted by Gasteiger charge is -1.94. The second kappa shape index (κ2) is 5.46. The highest BCUT2D eigenvalue weighted by Crippen LogP contribution is 1.67. The van der Waals surface area contributed by atoms with Crippen LogP contribution in [0.25, 0.3) is 0 Å². The van der Waals surface area contributed by atoms with E-state index in [1.165, 1.54) is 13.4 Å². The number of rotatable bonds is 3. The highest BCUT2D eigenvalue weighted by Gasteiger charge is 1.65. The van der Waals surface area contributed by atoms with Gasteiger partial charge in [-0.25, -0.2) is 0 Å². The van der Waals surface area contributed by atoms with Crippen molar-refractivity contribution in [3.63, 3.8) is 0 Å². The molecule has 0 saturated carbocycles. The molecule has 0 fully saturated rings. The van der Waals surface area contributed by atoms with E-state index in [2.05, 4.69) is 15.3 Å². The molecule has 0 aromatic heterocycles. The van der Waals surface area contributed by atoms with Gasteiger partial charge in [-0.3, -0.25) is 4.84 Å². The molecule has 0 aliphatic heterocycles. The molecule has 3 nitrogen and oxygen atoms in total. The van der Waals surface area contributed by atoms with E-state index in [0.29, 0.717) is 0 Å². The van der Waals surface area contributed by atoms with Crippen LogP contribution in [0, 0.1) is 0 Å². The summed E-state index contributed by atoms with van der Waals surface area (Å²) >= 11 is 0. The average molecular weight is 103 g/mol. The van der Waals surface area contributed by atoms with Crippen molar-refractivity contribution in [3.05, 3.63) is 12.3 Å². The van der Waals surface area contributed by atoms with Gasteiger partial charge in [0.2, 0.25) is 0 Å². The fourth-order valence-corrected chi connectivity index (χ4v) is 0.144. The third-order valence-electron chi connectivity index (χ3n) is 0.336. The molecule has 0 atom stereocenters. The fraction of sp³-hybridized carbons (Fsp3) is 0.500. The first-order valence-corrected chi connectivity index (χ1v) is 1.96. The zero-order valence-electron chi connectivity index (χ0n) is 4.47. The molecule has 0 aromatic rings. The highest BCUT2D eigenvalue weighted by atomic mass is 16.9. The predicted molar refractivity (Wildman–Crippen MR) is 26.0 cm³/mol. The van der Waals surface area contributed by atoms with Crippen LogP contribution >= 0.6 is 0 Å². The van der Waals surface area contributed by atoms with Crippen molar-refractivity contribution in [2.24, 2.45) is 0 Å². The van der Waals surface area contributed by atoms with Gasteiger partial charge in [0.05, 0.1) is 7.11 Å². The summed E-state index contributed by atoms with van der Waals surface area (Å²) in [6.07, 6.45) is 3.22. The molecule has 0 aliphatic rings. The van der Waals surface area contributed by atoms with Crippen LogP contribution in [0.3, 0.4) is 0 Å². The minimum absolute atomic E-state index is 1.48. The molecular weight excluding hydrogens is 94.0 g/mol. The number of nitrogens with one attached hydrogen (secondary N) is 1. The van der Waals surface area contributed by atoms with Crippen molar-refractivity contribution in [2.45, 2.75) is 6.92 Å². The summed E-state index contributed by atoms with van der Waals surface area (Å²) < 4.78 is 0. The van der Waals surface area contributed by atoms with Crippen LogP contribution in [0.2, 0.25) is 0 Å². The van der Waals surface area contributed by atoms with Crippen molar-refractivity contribution in [3.8, 4) is 0 Å². The molecule has 0 aromatic carbocycles. The molecule has 0 unspecified atom stereocenters. The van der Waals surface area contributed by atoms with E-state index in [-0.39, 0.29) is 0 Å². The summed E-state index contributed by atoms with van der Waals surface area (Å²) in [6.45, 7) is 1.84. The predicted octanol–water partition coefficient (Wildman–Crippen LogP) is 0.603. The Bertz CT molecular complexity index is 53.7. The number of allylic oxidation sites excluding steroid dienone is 1. The minimum atomic E-state index is 1.48. The van der Waals surface area contributed by atoms with Gasteiger partial charge in [0.25, 0.3) is 0 Å². The van der Waals surface area contributed by atoms with Gasteiger partial charge in [-0.15, -0.1) is 0 Å². The van der Waals surface area contributed by atoms with E-state index in [1.807, 2.05) is 6.92 Å². The van der Waals surface area contributed by atoms with Gasteiger partial charge in [0.15, 0.2) is 0 Å². The van der Waals surface area contributed by atoms with Gasteiger partial charge in [-0.1, -0.05) is 6.08 Å². The molecule has 0 aliphatic carbocycles. The Morgan fingerprint density at radius 3 is 2.71 bits per heavy atom. The lowest BCUT2D eigenvalue weighted by atomic mass is 10.7. The molecule has 0 saturated heterocycles. The number of hydrogen-bond acceptors (Lipinski definition) is 3. The lowest BCUT2D eigenvalue weighted by molar-refractivity contribution is -0.110. The molecule has 42 valence electrons. The Hall–Kier alpha value is -0.540. The summed E-state index contributed by atoms with van der Waals surface area (Å²) in [5, 5.41) is 0. The first-order valence-electron chi connectivity index (χ1n) is 1.96. The summed E-state index contributed by atoms with van der Waals surface area (Å²) in [6, 6.07) is 0. The summed E-state index contributed by atoms with van der Waals surface area (Å²) in [4.78, 5) is 8.80. The van der Waals surface area contributed by atoms with Crippen molar-refractivity contribution < 1.29 is 9.68 Å². The average Bonchev–Trinajstić information content (AvgIpc) is 1.69. The van der Waals surface area contributed by atoms with Crippen LogP contribution in [0.15, 0.2) is 12.3 Å². The van der Waals surface area contributed by atoms with Gasteiger partial charge >= 0.3 is 0 Å². The van der Waals surface area contributed by atoms with Crippen LogP contribution in [-0.2, 0) is 9.68 Å². The maximum Gasteiger partial charge on any atom is 0.110 e. The molecule has 0 heterocycles. The molecule has 0 amide bonds. The van der Waals surface area contributed by atoms with Crippen molar-refractivity contribution in [1.29, 1.82) is 0 Å². The molecule has 3 heteroatoms. The van der Waals surface area contributed by atoms with Gasteiger partial charge in [-0.2, -0.15) is 0 Å². The third kappa shape index (κ3) is 5.46. The fourth-order valence-electron chi connectivity index (χ4n) is 0.144. The highest BCUT2D eigenvalue weighted by molar-refractivity contribution is 4.62. The SMILES string of the molecule is C/C=C/ONOC. The summed E-state index contributed by atoms with van der Waals surface area (Å²) in [5.74, 6) is 0. The zero-order valence-corrected chi connectivity index (χ0v) is 4.47. The molecule has 1 N–H and O–H groups in total. The molecular formula is C4H9NO2. The molecule has 0 radical (unpaired) electrons. The van der Waals surface area contributed by atoms with Gasteiger partial charge in [-0.05, 0) is 12.6 Å². The van der Waals surface area contributed by atoms with E-state index >= 15 is 0 Å². The Kier molecular flexibility index (Phi) is 5.04. The molecule has 7 heavy (non-hydrogen) atoms. The van der Waals surface area contributed by atoms with E-state index < -0.39 is 0 Å². The second-order valence-corrected chi connectivity index (χ2v) is 0.875. The summed E-state index contributed by atoms with van der Waals surface area (Å²) in [7, 11) is 1.48. The maximum atomic E-state index is 4.48. The smallest absolute Gasteiger partial charge is 0.110 e. The van der Waals surface area contributed by atoms with Gasteiger partial charge in [0, 0.05) is 0 Å². The third-order valence-corrected chi connectivity index (χ3v) is 0.336. The maximum absolute atomic E-state index is 4.48. The molecule has 0 rings (SSSR count). The Labute approximate surface area is 42.8 Å². The van der Waals surface area contributed by atoms with Crippen molar-refractivity contribution in [1.82, 2.24) is 5.64 Å². The van der Waals surface area contributed by atoms with Gasteiger partial charge in [0.1, 0.15) is 6.26 Å². The molecule has 0 spiro atoms. The summed E-state index contributed by atoms with van der Waals surface area (Å²) in [5.41, 5.74) is 2.16. The largest absolute Gasteiger partial charge is 0.391 e. The lowest BCUT2D eigenvalue weighted by Crippen LogP contribution is -2.07. The van der Waals surface area contributed by atoms with Crippen LogP contribution < -0.4 is 5.64 Å². The standard InChI is InChI=1S/C4H9NO2/c1-3-4-7-5-6-2/h3-5H,1-2H3/b4-3+. The first kappa shape index (κ1) is 6.46. The zero-order chi connectivity index (χ0) is 5.54. The Morgan fingerprint density at radius 1 is 1.57 bits per heavy atom. The molecule has 0 bridgehead atoms. The van der Waals surface area contributed by atoms with Crippen molar-refractivity contribution in [2.75, 3.05) is 7.11 Å². The Morgan fingerprint density at radius 2 is 2.29 bits per heavy atom. The van der Waals surface area contributed by atoms with Crippen LogP contribution in [0.1, 0.15) is 6.92 Å². The Balaban J connectivity index is 2.69. The van der Waals surface area contributed by atoms with Gasteiger partial charge < -0.3 is 4.84 Å².